The van der Waals surface area contributed by atoms with Crippen LogP contribution >= 0.6 is 11.8 Å². The van der Waals surface area contributed by atoms with Crippen LogP contribution in [0.2, 0.25) is 0 Å². The molecular weight excluding hydrogens is 366 g/mol. The molecule has 0 aliphatic carbocycles. The molecule has 27 heavy (non-hydrogen) atoms. The van der Waals surface area contributed by atoms with Gasteiger partial charge in [0.25, 0.3) is 11.2 Å². The molecule has 0 unspecified atom stereocenters. The summed E-state index contributed by atoms with van der Waals surface area (Å²) in [5, 5.41) is 13.6. The van der Waals surface area contributed by atoms with Crippen molar-refractivity contribution in [3.05, 3.63) is 93.4 Å². The van der Waals surface area contributed by atoms with E-state index in [4.69, 9.17) is 0 Å². The summed E-state index contributed by atoms with van der Waals surface area (Å²) in [5.41, 5.74) is -0.125. The number of para-hydroxylation sites is 1. The molecule has 3 aromatic rings. The van der Waals surface area contributed by atoms with Crippen molar-refractivity contribution in [2.24, 2.45) is 0 Å². The highest BCUT2D eigenvalue weighted by atomic mass is 32.2. The molecule has 1 N–H and O–H groups in total. The lowest BCUT2D eigenvalue weighted by atomic mass is 10.3. The molecule has 0 spiro atoms. The fraction of sp³-hybridized carbons (Fsp3) is 0.0526. The van der Waals surface area contributed by atoms with Crippen LogP contribution in [0.25, 0.3) is 0 Å². The van der Waals surface area contributed by atoms with Crippen LogP contribution in [0.5, 0.6) is 0 Å². The summed E-state index contributed by atoms with van der Waals surface area (Å²) in [7, 11) is 0. The SMILES string of the molecule is O=C(Cn1cc([N+](=O)[O-])ccc1=O)Nc1ccccc1Sc1ccccc1. The summed E-state index contributed by atoms with van der Waals surface area (Å²) in [6.07, 6.45) is 1.06. The number of carbonyl (C=O) groups excluding carboxylic acids is 1. The second kappa shape index (κ2) is 8.33. The predicted molar refractivity (Wildman–Crippen MR) is 103 cm³/mol. The van der Waals surface area contributed by atoms with Crippen LogP contribution in [-0.2, 0) is 11.3 Å². The number of nitrogens with one attached hydrogen (secondary N) is 1. The van der Waals surface area contributed by atoms with Gasteiger partial charge in [-0.3, -0.25) is 24.3 Å². The van der Waals surface area contributed by atoms with E-state index >= 15 is 0 Å². The topological polar surface area (TPSA) is 94.2 Å². The van der Waals surface area contributed by atoms with E-state index in [0.29, 0.717) is 5.69 Å². The average Bonchev–Trinajstić information content (AvgIpc) is 2.66. The second-order valence-corrected chi connectivity index (χ2v) is 6.69. The summed E-state index contributed by atoms with van der Waals surface area (Å²) >= 11 is 1.50. The van der Waals surface area contributed by atoms with Crippen LogP contribution in [0.4, 0.5) is 11.4 Å². The summed E-state index contributed by atoms with van der Waals surface area (Å²) in [4.78, 5) is 36.3. The highest BCUT2D eigenvalue weighted by Crippen LogP contribution is 2.33. The standard InChI is InChI=1S/C19H15N3O4S/c23-18(13-21-12-14(22(25)26)10-11-19(21)24)20-16-8-4-5-9-17(16)27-15-6-2-1-3-7-15/h1-12H,13H2,(H,20,23). The van der Waals surface area contributed by atoms with Gasteiger partial charge in [0.05, 0.1) is 16.8 Å². The molecule has 0 radical (unpaired) electrons. The third-order valence-corrected chi connectivity index (χ3v) is 4.71. The number of hydrogen-bond acceptors (Lipinski definition) is 5. The fourth-order valence-corrected chi connectivity index (χ4v) is 3.29. The molecule has 2 aromatic carbocycles. The van der Waals surface area contributed by atoms with Crippen LogP contribution in [0, 0.1) is 10.1 Å². The zero-order valence-corrected chi connectivity index (χ0v) is 14.9. The van der Waals surface area contributed by atoms with Crippen molar-refractivity contribution in [1.29, 1.82) is 0 Å². The van der Waals surface area contributed by atoms with E-state index < -0.39 is 16.4 Å². The van der Waals surface area contributed by atoms with Crippen molar-refractivity contribution in [3.8, 4) is 0 Å². The van der Waals surface area contributed by atoms with Gasteiger partial charge in [0.2, 0.25) is 5.91 Å². The van der Waals surface area contributed by atoms with E-state index in [-0.39, 0.29) is 12.2 Å². The number of aromatic nitrogens is 1. The first-order chi connectivity index (χ1) is 13.0. The van der Waals surface area contributed by atoms with Crippen LogP contribution in [-0.4, -0.2) is 15.4 Å². The summed E-state index contributed by atoms with van der Waals surface area (Å²) in [6.45, 7) is -0.315. The van der Waals surface area contributed by atoms with E-state index in [0.717, 1.165) is 32.7 Å². The summed E-state index contributed by atoms with van der Waals surface area (Å²) < 4.78 is 1.01. The number of nitrogens with zero attached hydrogens (tertiary/aromatic N) is 2. The number of benzene rings is 2. The highest BCUT2D eigenvalue weighted by Gasteiger charge is 2.12. The maximum Gasteiger partial charge on any atom is 0.285 e. The van der Waals surface area contributed by atoms with Crippen molar-refractivity contribution in [1.82, 2.24) is 4.57 Å². The summed E-state index contributed by atoms with van der Waals surface area (Å²) in [5.74, 6) is -0.446. The Bertz CT molecular complexity index is 1030. The van der Waals surface area contributed by atoms with Gasteiger partial charge in [-0.1, -0.05) is 42.1 Å². The second-order valence-electron chi connectivity index (χ2n) is 5.57. The van der Waals surface area contributed by atoms with Gasteiger partial charge in [-0.25, -0.2) is 0 Å². The Labute approximate surface area is 158 Å². The third-order valence-electron chi connectivity index (χ3n) is 3.62. The van der Waals surface area contributed by atoms with Gasteiger partial charge in [0.15, 0.2) is 0 Å². The Morgan fingerprint density at radius 2 is 1.74 bits per heavy atom. The molecule has 1 amide bonds. The zero-order chi connectivity index (χ0) is 19.2. The molecule has 7 nitrogen and oxygen atoms in total. The summed E-state index contributed by atoms with van der Waals surface area (Å²) in [6, 6.07) is 19.2. The van der Waals surface area contributed by atoms with Crippen LogP contribution in [0.15, 0.2) is 87.5 Å². The van der Waals surface area contributed by atoms with Crippen molar-refractivity contribution in [2.75, 3.05) is 5.32 Å². The van der Waals surface area contributed by atoms with Crippen LogP contribution in [0.1, 0.15) is 0 Å². The quantitative estimate of drug-likeness (QED) is 0.520. The molecule has 0 atom stereocenters. The van der Waals surface area contributed by atoms with Crippen LogP contribution in [0.3, 0.4) is 0 Å². The Morgan fingerprint density at radius 3 is 2.48 bits per heavy atom. The first-order valence-electron chi connectivity index (χ1n) is 7.99. The molecule has 0 fully saturated rings. The van der Waals surface area contributed by atoms with Crippen molar-refractivity contribution in [3.63, 3.8) is 0 Å². The van der Waals surface area contributed by atoms with Gasteiger partial charge in [0, 0.05) is 21.9 Å². The minimum atomic E-state index is -0.611. The monoisotopic (exact) mass is 381 g/mol. The van der Waals surface area contributed by atoms with Gasteiger partial charge in [0.1, 0.15) is 6.54 Å². The lowest BCUT2D eigenvalue weighted by molar-refractivity contribution is -0.385. The molecule has 0 bridgehead atoms. The Morgan fingerprint density at radius 1 is 1.04 bits per heavy atom. The van der Waals surface area contributed by atoms with Gasteiger partial charge in [-0.2, -0.15) is 0 Å². The number of nitro groups is 1. The fourth-order valence-electron chi connectivity index (χ4n) is 2.37. The number of carbonyl (C=O) groups is 1. The van der Waals surface area contributed by atoms with E-state index in [9.17, 15) is 19.7 Å². The lowest BCUT2D eigenvalue weighted by Gasteiger charge is -2.11. The number of amides is 1. The van der Waals surface area contributed by atoms with Crippen molar-refractivity contribution < 1.29 is 9.72 Å². The molecule has 0 saturated carbocycles. The van der Waals surface area contributed by atoms with E-state index in [1.807, 2.05) is 42.5 Å². The number of rotatable bonds is 6. The molecular formula is C19H15N3O4S. The van der Waals surface area contributed by atoms with E-state index in [1.165, 1.54) is 11.8 Å². The van der Waals surface area contributed by atoms with E-state index in [2.05, 4.69) is 5.32 Å². The molecule has 3 rings (SSSR count). The van der Waals surface area contributed by atoms with Crippen LogP contribution < -0.4 is 10.9 Å². The molecule has 8 heteroatoms. The van der Waals surface area contributed by atoms with Gasteiger partial charge in [-0.05, 0) is 24.3 Å². The molecule has 1 heterocycles. The lowest BCUT2D eigenvalue weighted by Crippen LogP contribution is -2.27. The van der Waals surface area contributed by atoms with Crippen molar-refractivity contribution >= 4 is 29.0 Å². The largest absolute Gasteiger partial charge is 0.324 e. The Kier molecular flexibility index (Phi) is 5.68. The normalized spacial score (nSPS) is 10.4. The van der Waals surface area contributed by atoms with Crippen molar-refractivity contribution in [2.45, 2.75) is 16.3 Å². The Hall–Kier alpha value is -3.39. The van der Waals surface area contributed by atoms with E-state index in [1.54, 1.807) is 12.1 Å². The number of anilines is 1. The zero-order valence-electron chi connectivity index (χ0n) is 14.1. The first-order valence-corrected chi connectivity index (χ1v) is 8.81. The van der Waals surface area contributed by atoms with Gasteiger partial charge < -0.3 is 5.32 Å². The number of pyridine rings is 1. The third kappa shape index (κ3) is 4.83. The molecule has 1 aromatic heterocycles. The van der Waals surface area contributed by atoms with Gasteiger partial charge in [-0.15, -0.1) is 0 Å². The average molecular weight is 381 g/mol. The predicted octanol–water partition coefficient (Wildman–Crippen LogP) is 3.55. The maximum atomic E-state index is 12.4. The molecule has 0 aliphatic rings. The first kappa shape index (κ1) is 18.4. The minimum Gasteiger partial charge on any atom is -0.324 e. The van der Waals surface area contributed by atoms with Gasteiger partial charge >= 0.3 is 0 Å². The molecule has 136 valence electrons. The Balaban J connectivity index is 1.76. The minimum absolute atomic E-state index is 0.248. The maximum absolute atomic E-state index is 12.4. The molecule has 0 saturated heterocycles. The highest BCUT2D eigenvalue weighted by molar-refractivity contribution is 7.99. The smallest absolute Gasteiger partial charge is 0.285 e. The number of hydrogen-bond donors (Lipinski definition) is 1. The molecule has 0 aliphatic heterocycles.